The first kappa shape index (κ1) is 19.0. The molecule has 3 heterocycles. The van der Waals surface area contributed by atoms with Crippen LogP contribution < -0.4 is 4.74 Å². The van der Waals surface area contributed by atoms with Gasteiger partial charge < -0.3 is 9.64 Å². The molecule has 152 valence electrons. The van der Waals surface area contributed by atoms with Crippen LogP contribution in [0.25, 0.3) is 22.0 Å². The summed E-state index contributed by atoms with van der Waals surface area (Å²) >= 11 is 0. The monoisotopic (exact) mass is 407 g/mol. The minimum Gasteiger partial charge on any atom is -0.487 e. The quantitative estimate of drug-likeness (QED) is 0.486. The van der Waals surface area contributed by atoms with Gasteiger partial charge in [0.1, 0.15) is 12.4 Å². The predicted molar refractivity (Wildman–Crippen MR) is 121 cm³/mol. The van der Waals surface area contributed by atoms with E-state index in [9.17, 15) is 4.79 Å². The summed E-state index contributed by atoms with van der Waals surface area (Å²) in [5.74, 6) is 0.768. The number of rotatable bonds is 5. The summed E-state index contributed by atoms with van der Waals surface area (Å²) in [6.45, 7) is 0.973. The predicted octanol–water partition coefficient (Wildman–Crippen LogP) is 4.59. The maximum atomic E-state index is 12.8. The molecule has 1 amide bonds. The van der Waals surface area contributed by atoms with Crippen molar-refractivity contribution < 1.29 is 9.53 Å². The van der Waals surface area contributed by atoms with Crippen molar-refractivity contribution in [3.05, 3.63) is 102 Å². The highest BCUT2D eigenvalue weighted by Gasteiger charge is 2.29. The number of amides is 1. The third-order valence-electron chi connectivity index (χ3n) is 5.47. The molecule has 0 saturated heterocycles. The lowest BCUT2D eigenvalue weighted by Crippen LogP contribution is -2.21. The summed E-state index contributed by atoms with van der Waals surface area (Å²) in [4.78, 5) is 23.3. The lowest BCUT2D eigenvalue weighted by Gasteiger charge is -2.10. The van der Waals surface area contributed by atoms with E-state index in [0.717, 1.165) is 44.6 Å². The van der Waals surface area contributed by atoms with Crippen LogP contribution in [0, 0.1) is 0 Å². The van der Waals surface area contributed by atoms with Crippen LogP contribution in [0.4, 0.5) is 0 Å². The molecule has 0 aliphatic carbocycles. The average Bonchev–Trinajstić information content (AvgIpc) is 3.13. The molecule has 0 atom stereocenters. The molecule has 0 saturated carbocycles. The summed E-state index contributed by atoms with van der Waals surface area (Å²) in [5, 5.41) is 1.11. The van der Waals surface area contributed by atoms with E-state index < -0.39 is 0 Å². The number of para-hydroxylation sites is 1. The second-order valence-corrected chi connectivity index (χ2v) is 7.56. The third-order valence-corrected chi connectivity index (χ3v) is 5.47. The van der Waals surface area contributed by atoms with Gasteiger partial charge in [-0.05, 0) is 53.1 Å². The van der Waals surface area contributed by atoms with E-state index in [1.54, 1.807) is 17.3 Å². The van der Waals surface area contributed by atoms with Crippen molar-refractivity contribution in [1.82, 2.24) is 14.9 Å². The van der Waals surface area contributed by atoms with Gasteiger partial charge in [-0.15, -0.1) is 0 Å². The van der Waals surface area contributed by atoms with Crippen LogP contribution in [0.5, 0.6) is 5.75 Å². The van der Waals surface area contributed by atoms with Gasteiger partial charge in [-0.3, -0.25) is 9.78 Å². The molecule has 5 rings (SSSR count). The van der Waals surface area contributed by atoms with E-state index in [1.165, 1.54) is 0 Å². The van der Waals surface area contributed by atoms with E-state index in [0.29, 0.717) is 13.2 Å². The molecule has 0 spiro atoms. The Morgan fingerprint density at radius 1 is 0.903 bits per heavy atom. The zero-order valence-electron chi connectivity index (χ0n) is 17.2. The Hall–Kier alpha value is -3.99. The maximum absolute atomic E-state index is 12.8. The highest BCUT2D eigenvalue weighted by molar-refractivity contribution is 6.30. The Balaban J connectivity index is 1.37. The topological polar surface area (TPSA) is 55.3 Å². The van der Waals surface area contributed by atoms with Crippen LogP contribution in [-0.2, 0) is 11.4 Å². The molecule has 31 heavy (non-hydrogen) atoms. The number of likely N-dealkylation sites (N-methyl/N-ethyl adjacent to an activating group) is 1. The van der Waals surface area contributed by atoms with Gasteiger partial charge in [0, 0.05) is 31.4 Å². The number of aromatic nitrogens is 2. The number of hydrogen-bond acceptors (Lipinski definition) is 4. The summed E-state index contributed by atoms with van der Waals surface area (Å²) in [6.07, 6.45) is 3.50. The molecule has 5 heteroatoms. The number of hydrogen-bond donors (Lipinski definition) is 0. The number of benzene rings is 2. The molecule has 0 radical (unpaired) electrons. The summed E-state index contributed by atoms with van der Waals surface area (Å²) in [5.41, 5.74) is 5.49. The highest BCUT2D eigenvalue weighted by Crippen LogP contribution is 2.34. The van der Waals surface area contributed by atoms with Gasteiger partial charge in [-0.1, -0.05) is 36.4 Å². The fourth-order valence-corrected chi connectivity index (χ4v) is 3.86. The van der Waals surface area contributed by atoms with Crippen molar-refractivity contribution in [2.24, 2.45) is 0 Å². The number of carbonyl (C=O) groups excluding carboxylic acids is 1. The van der Waals surface area contributed by atoms with Crippen LogP contribution in [0.2, 0.25) is 0 Å². The van der Waals surface area contributed by atoms with Gasteiger partial charge in [0.2, 0.25) is 0 Å². The first-order valence-electron chi connectivity index (χ1n) is 10.2. The van der Waals surface area contributed by atoms with Crippen LogP contribution in [0.3, 0.4) is 0 Å². The molecule has 0 unspecified atom stereocenters. The van der Waals surface area contributed by atoms with Crippen molar-refractivity contribution in [3.63, 3.8) is 0 Å². The Bertz CT molecular complexity index is 1280. The van der Waals surface area contributed by atoms with Gasteiger partial charge in [0.05, 0.1) is 16.8 Å². The third kappa shape index (κ3) is 3.78. The molecule has 0 N–H and O–H groups in total. The van der Waals surface area contributed by atoms with Crippen LogP contribution in [-0.4, -0.2) is 34.4 Å². The molecule has 0 bridgehead atoms. The standard InChI is InChI=1S/C26H21N3O2/c1-29-16-23(18-12-14-27-15-13-18)25(26(29)30)20-7-10-22(11-8-20)31-17-21-9-6-19-4-2-3-5-24(19)28-21/h2-15H,16-17H2,1H3. The number of ether oxygens (including phenoxy) is 1. The van der Waals surface area contributed by atoms with E-state index in [4.69, 9.17) is 4.74 Å². The second kappa shape index (κ2) is 8.03. The lowest BCUT2D eigenvalue weighted by molar-refractivity contribution is -0.122. The summed E-state index contributed by atoms with van der Waals surface area (Å²) in [7, 11) is 1.82. The molecule has 2 aromatic carbocycles. The smallest absolute Gasteiger partial charge is 0.254 e. The first-order chi connectivity index (χ1) is 15.2. The van der Waals surface area contributed by atoms with E-state index in [2.05, 4.69) is 16.0 Å². The van der Waals surface area contributed by atoms with Crippen molar-refractivity contribution in [2.45, 2.75) is 6.61 Å². The number of pyridine rings is 2. The van der Waals surface area contributed by atoms with Gasteiger partial charge in [-0.2, -0.15) is 0 Å². The van der Waals surface area contributed by atoms with Crippen LogP contribution in [0.15, 0.2) is 85.2 Å². The minimum absolute atomic E-state index is 0.0286. The van der Waals surface area contributed by atoms with Gasteiger partial charge in [0.15, 0.2) is 0 Å². The first-order valence-corrected chi connectivity index (χ1v) is 10.2. The normalized spacial score (nSPS) is 13.8. The molecule has 2 aromatic heterocycles. The van der Waals surface area contributed by atoms with Gasteiger partial charge in [-0.25, -0.2) is 4.98 Å². The Kier molecular flexibility index (Phi) is 4.92. The molecular weight excluding hydrogens is 386 g/mol. The van der Waals surface area contributed by atoms with E-state index in [1.807, 2.05) is 73.8 Å². The zero-order valence-corrected chi connectivity index (χ0v) is 17.2. The van der Waals surface area contributed by atoms with Crippen molar-refractivity contribution in [3.8, 4) is 5.75 Å². The Morgan fingerprint density at radius 2 is 1.68 bits per heavy atom. The Labute approximate surface area is 180 Å². The molecule has 4 aromatic rings. The average molecular weight is 407 g/mol. The summed E-state index contributed by atoms with van der Waals surface area (Å²) < 4.78 is 5.94. The van der Waals surface area contributed by atoms with Crippen molar-refractivity contribution in [2.75, 3.05) is 13.6 Å². The Morgan fingerprint density at radius 3 is 2.48 bits per heavy atom. The fourth-order valence-electron chi connectivity index (χ4n) is 3.86. The van der Waals surface area contributed by atoms with E-state index in [-0.39, 0.29) is 5.91 Å². The molecule has 1 aliphatic heterocycles. The van der Waals surface area contributed by atoms with Crippen molar-refractivity contribution in [1.29, 1.82) is 0 Å². The van der Waals surface area contributed by atoms with Gasteiger partial charge in [0.25, 0.3) is 5.91 Å². The van der Waals surface area contributed by atoms with Crippen LogP contribution in [0.1, 0.15) is 16.8 Å². The SMILES string of the molecule is CN1CC(c2ccncc2)=C(c2ccc(OCc3ccc4ccccc4n3)cc2)C1=O. The number of carbonyl (C=O) groups is 1. The summed E-state index contributed by atoms with van der Waals surface area (Å²) in [6, 6.07) is 23.6. The maximum Gasteiger partial charge on any atom is 0.254 e. The largest absolute Gasteiger partial charge is 0.487 e. The fraction of sp³-hybridized carbons (Fsp3) is 0.115. The zero-order chi connectivity index (χ0) is 21.2. The molecular formula is C26H21N3O2. The second-order valence-electron chi connectivity index (χ2n) is 7.56. The van der Waals surface area contributed by atoms with Gasteiger partial charge >= 0.3 is 0 Å². The molecule has 0 fully saturated rings. The van der Waals surface area contributed by atoms with Crippen LogP contribution >= 0.6 is 0 Å². The lowest BCUT2D eigenvalue weighted by atomic mass is 9.97. The molecule has 1 aliphatic rings. The van der Waals surface area contributed by atoms with E-state index >= 15 is 0 Å². The molecule has 5 nitrogen and oxygen atoms in total. The van der Waals surface area contributed by atoms with Crippen molar-refractivity contribution >= 4 is 28.0 Å². The highest BCUT2D eigenvalue weighted by atomic mass is 16.5. The number of nitrogens with zero attached hydrogens (tertiary/aromatic N) is 3. The number of fused-ring (bicyclic) bond motifs is 1. The minimum atomic E-state index is 0.0286.